The maximum atomic E-state index is 9.87. The number of isocyanates is 1. The zero-order valence-electron chi connectivity index (χ0n) is 18.8. The molecule has 0 unspecified atom stereocenters. The summed E-state index contributed by atoms with van der Waals surface area (Å²) >= 11 is 0. The molecule has 0 N–H and O–H groups in total. The second-order valence-corrected chi connectivity index (χ2v) is 7.93. The van der Waals surface area contributed by atoms with Crippen molar-refractivity contribution in [3.8, 4) is 0 Å². The van der Waals surface area contributed by atoms with Crippen LogP contribution in [0.15, 0.2) is 35.3 Å². The molecule has 0 atom stereocenters. The maximum Gasteiger partial charge on any atom is 0.234 e. The van der Waals surface area contributed by atoms with Gasteiger partial charge in [-0.25, -0.2) is 9.79 Å². The summed E-state index contributed by atoms with van der Waals surface area (Å²) < 4.78 is 0. The highest BCUT2D eigenvalue weighted by Gasteiger charge is 1.94. The summed E-state index contributed by atoms with van der Waals surface area (Å²) in [6, 6.07) is 10.3. The van der Waals surface area contributed by atoms with Crippen LogP contribution < -0.4 is 0 Å². The maximum absolute atomic E-state index is 9.87. The standard InChI is InChI=1S/C19H37NO.C7H8/c1-2-3-4-5-6-7-8-9-10-11-12-13-14-15-16-17-18-20-19-21;1-7-5-3-2-4-6-7/h2-18H2,1H3;2-6H,1H3. The molecule has 0 spiro atoms. The number of hydrogen-bond donors (Lipinski definition) is 0. The van der Waals surface area contributed by atoms with Crippen LogP contribution in [0.1, 0.15) is 115 Å². The number of unbranched alkanes of at least 4 members (excludes halogenated alkanes) is 15. The van der Waals surface area contributed by atoms with Gasteiger partial charge >= 0.3 is 0 Å². The van der Waals surface area contributed by atoms with E-state index in [1.165, 1.54) is 102 Å². The Morgan fingerprint density at radius 3 is 1.36 bits per heavy atom. The van der Waals surface area contributed by atoms with Crippen molar-refractivity contribution in [3.63, 3.8) is 0 Å². The van der Waals surface area contributed by atoms with E-state index in [4.69, 9.17) is 0 Å². The fourth-order valence-corrected chi connectivity index (χ4v) is 3.32. The topological polar surface area (TPSA) is 29.4 Å². The Balaban J connectivity index is 0.000000861. The lowest BCUT2D eigenvalue weighted by atomic mass is 10.0. The van der Waals surface area contributed by atoms with Crippen molar-refractivity contribution in [2.24, 2.45) is 4.99 Å². The van der Waals surface area contributed by atoms with E-state index in [1.807, 2.05) is 18.2 Å². The highest BCUT2D eigenvalue weighted by Crippen LogP contribution is 2.13. The Kier molecular flexibility index (Phi) is 22.5. The molecule has 0 aliphatic heterocycles. The molecule has 2 nitrogen and oxygen atoms in total. The van der Waals surface area contributed by atoms with E-state index in [1.54, 1.807) is 6.08 Å². The van der Waals surface area contributed by atoms with Crippen LogP contribution in [0.5, 0.6) is 0 Å². The van der Waals surface area contributed by atoms with Crippen molar-refractivity contribution in [2.75, 3.05) is 6.54 Å². The van der Waals surface area contributed by atoms with Gasteiger partial charge in [-0.15, -0.1) is 0 Å². The molecule has 0 saturated heterocycles. The van der Waals surface area contributed by atoms with Crippen molar-refractivity contribution >= 4 is 6.08 Å². The number of aryl methyl sites for hydroxylation is 1. The van der Waals surface area contributed by atoms with Crippen molar-refractivity contribution in [1.82, 2.24) is 0 Å². The average Bonchev–Trinajstić information content (AvgIpc) is 2.71. The van der Waals surface area contributed by atoms with Crippen molar-refractivity contribution < 1.29 is 4.79 Å². The van der Waals surface area contributed by atoms with Gasteiger partial charge in [0, 0.05) is 0 Å². The van der Waals surface area contributed by atoms with Crippen LogP contribution in [0.3, 0.4) is 0 Å². The number of aliphatic imine (C=N–C) groups is 1. The fraction of sp³-hybridized carbons (Fsp3) is 0.731. The zero-order chi connectivity index (χ0) is 20.5. The largest absolute Gasteiger partial charge is 0.234 e. The normalized spacial score (nSPS) is 10.1. The summed E-state index contributed by atoms with van der Waals surface area (Å²) in [4.78, 5) is 13.4. The molecule has 0 bridgehead atoms. The number of nitrogens with zero attached hydrogens (tertiary/aromatic N) is 1. The first-order valence-corrected chi connectivity index (χ1v) is 11.9. The molecule has 28 heavy (non-hydrogen) atoms. The molecular formula is C26H45NO. The molecule has 0 saturated carbocycles. The minimum atomic E-state index is 0.669. The van der Waals surface area contributed by atoms with Gasteiger partial charge in [-0.3, -0.25) is 0 Å². The van der Waals surface area contributed by atoms with Gasteiger partial charge in [0.1, 0.15) is 0 Å². The molecular weight excluding hydrogens is 342 g/mol. The Morgan fingerprint density at radius 2 is 1.04 bits per heavy atom. The molecule has 0 radical (unpaired) electrons. The number of carbonyl (C=O) groups excluding carboxylic acids is 1. The van der Waals surface area contributed by atoms with Gasteiger partial charge in [-0.05, 0) is 13.3 Å². The first-order valence-electron chi connectivity index (χ1n) is 11.9. The molecule has 2 heteroatoms. The minimum Gasteiger partial charge on any atom is -0.211 e. The quantitative estimate of drug-likeness (QED) is 0.149. The van der Waals surface area contributed by atoms with Crippen molar-refractivity contribution in [2.45, 2.75) is 117 Å². The molecule has 1 aromatic carbocycles. The zero-order valence-corrected chi connectivity index (χ0v) is 18.8. The highest BCUT2D eigenvalue weighted by atomic mass is 16.1. The Hall–Kier alpha value is -1.40. The molecule has 0 aliphatic rings. The van der Waals surface area contributed by atoms with Gasteiger partial charge in [0.25, 0.3) is 0 Å². The monoisotopic (exact) mass is 387 g/mol. The van der Waals surface area contributed by atoms with E-state index in [2.05, 4.69) is 31.0 Å². The number of hydrogen-bond acceptors (Lipinski definition) is 2. The van der Waals surface area contributed by atoms with Crippen LogP contribution >= 0.6 is 0 Å². The van der Waals surface area contributed by atoms with Crippen molar-refractivity contribution in [1.29, 1.82) is 0 Å². The summed E-state index contributed by atoms with van der Waals surface area (Å²) in [5.41, 5.74) is 1.32. The smallest absolute Gasteiger partial charge is 0.211 e. The molecule has 1 rings (SSSR count). The lowest BCUT2D eigenvalue weighted by Gasteiger charge is -2.03. The summed E-state index contributed by atoms with van der Waals surface area (Å²) in [5, 5.41) is 0. The van der Waals surface area contributed by atoms with Gasteiger partial charge in [-0.1, -0.05) is 139 Å². The van der Waals surface area contributed by atoms with Crippen LogP contribution in [0.4, 0.5) is 0 Å². The summed E-state index contributed by atoms with van der Waals surface area (Å²) in [5.74, 6) is 0. The summed E-state index contributed by atoms with van der Waals surface area (Å²) in [7, 11) is 0. The molecule has 1 aromatic rings. The molecule has 0 aromatic heterocycles. The minimum absolute atomic E-state index is 0.669. The van der Waals surface area contributed by atoms with E-state index in [9.17, 15) is 4.79 Å². The second-order valence-electron chi connectivity index (χ2n) is 7.93. The SMILES string of the molecule is CCCCCCCCCCCCCCCCCCN=C=O.Cc1ccccc1. The van der Waals surface area contributed by atoms with Crippen LogP contribution in [-0.2, 0) is 4.79 Å². The first kappa shape index (κ1) is 26.6. The van der Waals surface area contributed by atoms with Gasteiger partial charge in [-0.2, -0.15) is 0 Å². The predicted octanol–water partition coefficient (Wildman–Crippen LogP) is 8.58. The van der Waals surface area contributed by atoms with E-state index in [-0.39, 0.29) is 0 Å². The summed E-state index contributed by atoms with van der Waals surface area (Å²) in [6.07, 6.45) is 23.6. The molecule has 0 amide bonds. The Morgan fingerprint density at radius 1 is 0.643 bits per heavy atom. The lowest BCUT2D eigenvalue weighted by molar-refractivity contribution is 0.529. The van der Waals surface area contributed by atoms with Gasteiger partial charge in [0.05, 0.1) is 6.54 Å². The third-order valence-corrected chi connectivity index (χ3v) is 5.13. The van der Waals surface area contributed by atoms with E-state index < -0.39 is 0 Å². The third-order valence-electron chi connectivity index (χ3n) is 5.13. The van der Waals surface area contributed by atoms with Gasteiger partial charge < -0.3 is 0 Å². The van der Waals surface area contributed by atoms with Crippen LogP contribution in [-0.4, -0.2) is 12.6 Å². The van der Waals surface area contributed by atoms with E-state index in [0.29, 0.717) is 6.54 Å². The predicted molar refractivity (Wildman–Crippen MR) is 124 cm³/mol. The highest BCUT2D eigenvalue weighted by molar-refractivity contribution is 5.32. The first-order chi connectivity index (χ1) is 13.8. The van der Waals surface area contributed by atoms with E-state index in [0.717, 1.165) is 6.42 Å². The third kappa shape index (κ3) is 22.6. The van der Waals surface area contributed by atoms with Crippen LogP contribution in [0, 0.1) is 6.92 Å². The van der Waals surface area contributed by atoms with Crippen LogP contribution in [0.2, 0.25) is 0 Å². The number of rotatable bonds is 17. The van der Waals surface area contributed by atoms with E-state index >= 15 is 0 Å². The molecule has 0 fully saturated rings. The Bertz CT molecular complexity index is 451. The molecule has 0 heterocycles. The van der Waals surface area contributed by atoms with Gasteiger partial charge in [0.2, 0.25) is 6.08 Å². The second kappa shape index (κ2) is 23.6. The molecule has 0 aliphatic carbocycles. The summed E-state index contributed by atoms with van der Waals surface area (Å²) in [6.45, 7) is 5.03. The van der Waals surface area contributed by atoms with Crippen molar-refractivity contribution in [3.05, 3.63) is 35.9 Å². The lowest BCUT2D eigenvalue weighted by Crippen LogP contribution is -1.84. The van der Waals surface area contributed by atoms with Gasteiger partial charge in [0.15, 0.2) is 0 Å². The fourth-order valence-electron chi connectivity index (χ4n) is 3.32. The average molecular weight is 388 g/mol. The number of benzene rings is 1. The Labute approximate surface area is 175 Å². The molecule has 160 valence electrons. The van der Waals surface area contributed by atoms with Crippen LogP contribution in [0.25, 0.3) is 0 Å².